The molecule has 86 valence electrons. The molecule has 1 aromatic carbocycles. The third kappa shape index (κ3) is 1.86. The Kier molecular flexibility index (Phi) is 2.88. The maximum Gasteiger partial charge on any atom is 0.0476 e. The van der Waals surface area contributed by atoms with Crippen molar-refractivity contribution in [3.63, 3.8) is 0 Å². The van der Waals surface area contributed by atoms with Crippen molar-refractivity contribution in [2.24, 2.45) is 0 Å². The van der Waals surface area contributed by atoms with Gasteiger partial charge < -0.3 is 5.32 Å². The number of hydrogen-bond acceptors (Lipinski definition) is 2. The predicted octanol–water partition coefficient (Wildman–Crippen LogP) is 2.45. The van der Waals surface area contributed by atoms with E-state index < -0.39 is 0 Å². The topological polar surface area (TPSA) is 15.3 Å². The Balaban J connectivity index is 1.85. The Morgan fingerprint density at radius 2 is 2.00 bits per heavy atom. The van der Waals surface area contributed by atoms with Crippen LogP contribution in [0.4, 0.5) is 0 Å². The second-order valence-corrected chi connectivity index (χ2v) is 5.20. The molecule has 1 N–H and O–H groups in total. The first-order valence-electron chi connectivity index (χ1n) is 6.06. The lowest BCUT2D eigenvalue weighted by molar-refractivity contribution is 0.138. The Hall–Kier alpha value is -0.570. The Morgan fingerprint density at radius 1 is 1.19 bits per heavy atom. The van der Waals surface area contributed by atoms with Crippen LogP contribution in [0.3, 0.4) is 0 Å². The second-order valence-electron chi connectivity index (χ2n) is 4.76. The zero-order chi connectivity index (χ0) is 11.0. The van der Waals surface area contributed by atoms with Crippen molar-refractivity contribution >= 4 is 11.6 Å². The van der Waals surface area contributed by atoms with E-state index in [0.29, 0.717) is 6.04 Å². The maximum atomic E-state index is 5.93. The van der Waals surface area contributed by atoms with Crippen LogP contribution in [-0.4, -0.2) is 30.6 Å². The minimum atomic E-state index is 0.540. The molecule has 0 spiro atoms. The summed E-state index contributed by atoms with van der Waals surface area (Å²) in [7, 11) is 0. The van der Waals surface area contributed by atoms with Crippen molar-refractivity contribution in [1.82, 2.24) is 10.2 Å². The van der Waals surface area contributed by atoms with Crippen LogP contribution >= 0.6 is 11.6 Å². The monoisotopic (exact) mass is 236 g/mol. The molecule has 0 aliphatic carbocycles. The molecule has 2 heterocycles. The molecular weight excluding hydrogens is 220 g/mol. The van der Waals surface area contributed by atoms with Crippen molar-refractivity contribution in [3.8, 4) is 0 Å². The smallest absolute Gasteiger partial charge is 0.0476 e. The molecule has 16 heavy (non-hydrogen) atoms. The summed E-state index contributed by atoms with van der Waals surface area (Å²) in [5.41, 5.74) is 1.39. The SMILES string of the molecule is Clc1ccc(C2CNC[C@@H]3CCCN23)cc1. The molecule has 2 nitrogen and oxygen atoms in total. The van der Waals surface area contributed by atoms with Gasteiger partial charge in [0, 0.05) is 30.2 Å². The molecule has 2 saturated heterocycles. The Bertz CT molecular complexity index is 363. The van der Waals surface area contributed by atoms with E-state index in [9.17, 15) is 0 Å². The van der Waals surface area contributed by atoms with Crippen LogP contribution in [0.25, 0.3) is 0 Å². The molecule has 3 heteroatoms. The van der Waals surface area contributed by atoms with E-state index in [0.717, 1.165) is 24.2 Å². The molecule has 0 bridgehead atoms. The van der Waals surface area contributed by atoms with Crippen molar-refractivity contribution < 1.29 is 0 Å². The maximum absolute atomic E-state index is 5.93. The summed E-state index contributed by atoms with van der Waals surface area (Å²) in [6, 6.07) is 9.60. The van der Waals surface area contributed by atoms with E-state index in [1.807, 2.05) is 12.1 Å². The third-order valence-electron chi connectivity index (χ3n) is 3.80. The molecule has 2 fully saturated rings. The van der Waals surface area contributed by atoms with Gasteiger partial charge >= 0.3 is 0 Å². The van der Waals surface area contributed by atoms with Gasteiger partial charge in [0.05, 0.1) is 0 Å². The number of rotatable bonds is 1. The van der Waals surface area contributed by atoms with Crippen molar-refractivity contribution in [2.45, 2.75) is 24.9 Å². The summed E-state index contributed by atoms with van der Waals surface area (Å²) >= 11 is 5.93. The van der Waals surface area contributed by atoms with E-state index in [1.54, 1.807) is 0 Å². The van der Waals surface area contributed by atoms with Gasteiger partial charge in [0.25, 0.3) is 0 Å². The Morgan fingerprint density at radius 3 is 2.81 bits per heavy atom. The van der Waals surface area contributed by atoms with E-state index >= 15 is 0 Å². The van der Waals surface area contributed by atoms with Gasteiger partial charge in [0.1, 0.15) is 0 Å². The molecule has 2 aliphatic heterocycles. The van der Waals surface area contributed by atoms with Gasteiger partial charge in [0.2, 0.25) is 0 Å². The van der Waals surface area contributed by atoms with Crippen LogP contribution in [0.2, 0.25) is 5.02 Å². The van der Waals surface area contributed by atoms with Gasteiger partial charge in [-0.15, -0.1) is 0 Å². The zero-order valence-corrected chi connectivity index (χ0v) is 10.1. The quantitative estimate of drug-likeness (QED) is 0.806. The molecular formula is C13H17ClN2. The molecule has 1 aromatic rings. The molecule has 1 unspecified atom stereocenters. The minimum Gasteiger partial charge on any atom is -0.313 e. The number of fused-ring (bicyclic) bond motifs is 1. The van der Waals surface area contributed by atoms with Gasteiger partial charge in [-0.2, -0.15) is 0 Å². The average Bonchev–Trinajstić information content (AvgIpc) is 2.78. The number of hydrogen-bond donors (Lipinski definition) is 1. The highest BCUT2D eigenvalue weighted by molar-refractivity contribution is 6.30. The van der Waals surface area contributed by atoms with E-state index in [1.165, 1.54) is 24.9 Å². The van der Waals surface area contributed by atoms with Gasteiger partial charge in [-0.3, -0.25) is 4.90 Å². The first kappa shape index (κ1) is 10.6. The number of piperazine rings is 1. The minimum absolute atomic E-state index is 0.540. The van der Waals surface area contributed by atoms with Crippen LogP contribution in [0.5, 0.6) is 0 Å². The van der Waals surface area contributed by atoms with E-state index in [-0.39, 0.29) is 0 Å². The van der Waals surface area contributed by atoms with E-state index in [4.69, 9.17) is 11.6 Å². The van der Waals surface area contributed by atoms with Crippen LogP contribution in [0, 0.1) is 0 Å². The standard InChI is InChI=1S/C13H17ClN2/c14-11-5-3-10(4-6-11)13-9-15-8-12-2-1-7-16(12)13/h3-6,12-13,15H,1-2,7-9H2/t12-,13?/m0/s1. The Labute approximate surface area is 102 Å². The molecule has 2 atom stereocenters. The van der Waals surface area contributed by atoms with Gasteiger partial charge in [-0.05, 0) is 37.1 Å². The van der Waals surface area contributed by atoms with Gasteiger partial charge in [-0.1, -0.05) is 23.7 Å². The number of nitrogens with zero attached hydrogens (tertiary/aromatic N) is 1. The van der Waals surface area contributed by atoms with Gasteiger partial charge in [-0.25, -0.2) is 0 Å². The lowest BCUT2D eigenvalue weighted by Gasteiger charge is -2.38. The molecule has 0 saturated carbocycles. The first-order chi connectivity index (χ1) is 7.84. The molecule has 0 amide bonds. The lowest BCUT2D eigenvalue weighted by atomic mass is 10.0. The van der Waals surface area contributed by atoms with Crippen molar-refractivity contribution in [3.05, 3.63) is 34.9 Å². The fraction of sp³-hybridized carbons (Fsp3) is 0.538. The van der Waals surface area contributed by atoms with Crippen molar-refractivity contribution in [1.29, 1.82) is 0 Å². The van der Waals surface area contributed by atoms with Crippen LogP contribution in [0.1, 0.15) is 24.4 Å². The predicted molar refractivity (Wildman–Crippen MR) is 66.8 cm³/mol. The van der Waals surface area contributed by atoms with E-state index in [2.05, 4.69) is 22.3 Å². The normalized spacial score (nSPS) is 30.3. The third-order valence-corrected chi connectivity index (χ3v) is 4.05. The highest BCUT2D eigenvalue weighted by Gasteiger charge is 2.34. The molecule has 0 radical (unpaired) electrons. The van der Waals surface area contributed by atoms with Crippen LogP contribution < -0.4 is 5.32 Å². The molecule has 3 rings (SSSR count). The highest BCUT2D eigenvalue weighted by atomic mass is 35.5. The highest BCUT2D eigenvalue weighted by Crippen LogP contribution is 2.31. The summed E-state index contributed by atoms with van der Waals surface area (Å²) in [6.45, 7) is 3.47. The van der Waals surface area contributed by atoms with Gasteiger partial charge in [0.15, 0.2) is 0 Å². The summed E-state index contributed by atoms with van der Waals surface area (Å²) in [6.07, 6.45) is 2.69. The zero-order valence-electron chi connectivity index (χ0n) is 9.32. The molecule has 0 aromatic heterocycles. The number of halogens is 1. The summed E-state index contributed by atoms with van der Waals surface area (Å²) < 4.78 is 0. The summed E-state index contributed by atoms with van der Waals surface area (Å²) in [5.74, 6) is 0. The fourth-order valence-corrected chi connectivity index (χ4v) is 3.11. The number of nitrogens with one attached hydrogen (secondary N) is 1. The number of benzene rings is 1. The summed E-state index contributed by atoms with van der Waals surface area (Å²) in [5, 5.41) is 4.37. The van der Waals surface area contributed by atoms with Crippen LogP contribution in [-0.2, 0) is 0 Å². The average molecular weight is 237 g/mol. The van der Waals surface area contributed by atoms with Crippen molar-refractivity contribution in [2.75, 3.05) is 19.6 Å². The largest absolute Gasteiger partial charge is 0.313 e. The first-order valence-corrected chi connectivity index (χ1v) is 6.44. The fourth-order valence-electron chi connectivity index (χ4n) is 2.99. The van der Waals surface area contributed by atoms with Crippen LogP contribution in [0.15, 0.2) is 24.3 Å². The molecule has 2 aliphatic rings. The summed E-state index contributed by atoms with van der Waals surface area (Å²) in [4.78, 5) is 2.65. The second kappa shape index (κ2) is 4.36. The lowest BCUT2D eigenvalue weighted by Crippen LogP contribution is -2.49.